The van der Waals surface area contributed by atoms with Crippen LogP contribution in [0.1, 0.15) is 10.4 Å². The molecule has 60 valence electrons. The zero-order chi connectivity index (χ0) is 8.55. The van der Waals surface area contributed by atoms with Gasteiger partial charge in [0.2, 0.25) is 0 Å². The normalized spacial score (nSPS) is 10.4. The number of nitrogens with zero attached hydrogens (tertiary/aromatic N) is 2. The van der Waals surface area contributed by atoms with E-state index in [9.17, 15) is 4.79 Å². The third kappa shape index (κ3) is 1.14. The predicted molar refractivity (Wildman–Crippen MR) is 49.6 cm³/mol. The molecule has 0 atom stereocenters. The molecule has 2 rings (SSSR count). The van der Waals surface area contributed by atoms with E-state index in [0.29, 0.717) is 5.56 Å². The van der Waals surface area contributed by atoms with Gasteiger partial charge in [0.25, 0.3) is 0 Å². The summed E-state index contributed by atoms with van der Waals surface area (Å²) >= 11 is 3.27. The fourth-order valence-corrected chi connectivity index (χ4v) is 2.84. The summed E-state index contributed by atoms with van der Waals surface area (Å²) in [5.41, 5.74) is 2.18. The minimum absolute atomic E-state index is 0.0794. The minimum atomic E-state index is -0.0794. The zero-order valence-electron chi connectivity index (χ0n) is 5.82. The van der Waals surface area contributed by atoms with Crippen LogP contribution in [0.5, 0.6) is 0 Å². The molecule has 5 heteroatoms. The van der Waals surface area contributed by atoms with Crippen molar-refractivity contribution in [3.63, 3.8) is 0 Å². The summed E-state index contributed by atoms with van der Waals surface area (Å²) in [7, 11) is 0. The van der Waals surface area contributed by atoms with Crippen LogP contribution >= 0.6 is 15.9 Å². The second kappa shape index (κ2) is 3.09. The van der Waals surface area contributed by atoms with Crippen LogP contribution in [0.4, 0.5) is 0 Å². The molecule has 0 radical (unpaired) electrons. The maximum atomic E-state index is 10.6. The van der Waals surface area contributed by atoms with Gasteiger partial charge in [-0.1, -0.05) is 0 Å². The van der Waals surface area contributed by atoms with Crippen LogP contribution in [0.25, 0.3) is 11.0 Å². The van der Waals surface area contributed by atoms with Gasteiger partial charge in [-0.25, -0.2) is 0 Å². The molecule has 0 saturated carbocycles. The average molecular weight is 290 g/mol. The first-order valence-corrected chi connectivity index (χ1v) is 5.51. The summed E-state index contributed by atoms with van der Waals surface area (Å²) in [6, 6.07) is 3.57. The molecule has 0 amide bonds. The molecule has 3 nitrogen and oxygen atoms in total. The Morgan fingerprint density at radius 1 is 1.33 bits per heavy atom. The van der Waals surface area contributed by atoms with Crippen LogP contribution in [-0.4, -0.2) is 29.2 Å². The summed E-state index contributed by atoms with van der Waals surface area (Å²) in [6.45, 7) is 0. The molecule has 12 heavy (non-hydrogen) atoms. The van der Waals surface area contributed by atoms with Gasteiger partial charge in [0.05, 0.1) is 0 Å². The molecule has 1 aromatic carbocycles. The summed E-state index contributed by atoms with van der Waals surface area (Å²) in [6.07, 6.45) is 0.811. The number of aldehydes is 1. The van der Waals surface area contributed by atoms with Gasteiger partial charge in [0.1, 0.15) is 0 Å². The number of hydrogen-bond donors (Lipinski definition) is 0. The Morgan fingerprint density at radius 3 is 2.83 bits per heavy atom. The van der Waals surface area contributed by atoms with E-state index in [2.05, 4.69) is 23.9 Å². The Labute approximate surface area is 83.1 Å². The first-order valence-electron chi connectivity index (χ1n) is 3.19. The molecule has 0 fully saturated rings. The van der Waals surface area contributed by atoms with Crippen LogP contribution in [0.2, 0.25) is 0 Å². The Hall–Kier alpha value is -0.511. The molecule has 1 aromatic heterocycles. The number of benzene rings is 1. The zero-order valence-corrected chi connectivity index (χ0v) is 9.12. The average Bonchev–Trinajstić information content (AvgIpc) is 2.54. The molecule has 0 N–H and O–H groups in total. The predicted octanol–water partition coefficient (Wildman–Crippen LogP) is 1.26. The fourth-order valence-electron chi connectivity index (χ4n) is 0.951. The van der Waals surface area contributed by atoms with E-state index in [1.54, 1.807) is 6.07 Å². The summed E-state index contributed by atoms with van der Waals surface area (Å²) in [5, 5.41) is 0. The monoisotopic (exact) mass is 290 g/mol. The van der Waals surface area contributed by atoms with Crippen molar-refractivity contribution in [3.05, 3.63) is 22.2 Å². The van der Waals surface area contributed by atoms with Crippen molar-refractivity contribution in [1.82, 2.24) is 7.96 Å². The van der Waals surface area contributed by atoms with Gasteiger partial charge in [-0.3, -0.25) is 0 Å². The molecular weight excluding hydrogens is 287 g/mol. The van der Waals surface area contributed by atoms with Crippen molar-refractivity contribution in [2.75, 3.05) is 0 Å². The fraction of sp³-hybridized carbons (Fsp3) is 0. The molecule has 0 bridgehead atoms. The Balaban J connectivity index is 2.91. The van der Waals surface area contributed by atoms with Crippen molar-refractivity contribution >= 4 is 48.2 Å². The molecule has 0 unspecified atom stereocenters. The van der Waals surface area contributed by atoms with Crippen molar-refractivity contribution in [2.24, 2.45) is 0 Å². The first-order chi connectivity index (χ1) is 5.83. The Bertz CT molecular complexity index is 440. The standard InChI is InChI=1S/C7H3BrN2OSe/c8-5-2-1-4(3-11)6-7(5)10-12-9-6/h1-3H. The quantitative estimate of drug-likeness (QED) is 0.586. The van der Waals surface area contributed by atoms with E-state index in [1.807, 2.05) is 6.07 Å². The van der Waals surface area contributed by atoms with E-state index >= 15 is 0 Å². The molecule has 0 spiro atoms. The number of carbonyl (C=O) groups is 1. The Kier molecular flexibility index (Phi) is 2.09. The third-order valence-electron chi connectivity index (χ3n) is 1.52. The van der Waals surface area contributed by atoms with Gasteiger partial charge >= 0.3 is 83.1 Å². The second-order valence-corrected chi connectivity index (χ2v) is 4.18. The topological polar surface area (TPSA) is 42.9 Å². The molecule has 1 heterocycles. The van der Waals surface area contributed by atoms with Crippen LogP contribution in [-0.2, 0) is 0 Å². The van der Waals surface area contributed by atoms with Gasteiger partial charge in [-0.2, -0.15) is 0 Å². The number of hydrogen-bond acceptors (Lipinski definition) is 3. The summed E-state index contributed by atoms with van der Waals surface area (Å²) in [4.78, 5) is 10.6. The Morgan fingerprint density at radius 2 is 2.08 bits per heavy atom. The van der Waals surface area contributed by atoms with E-state index < -0.39 is 0 Å². The summed E-state index contributed by atoms with van der Waals surface area (Å²) < 4.78 is 9.27. The molecule has 2 aromatic rings. The third-order valence-corrected chi connectivity index (χ3v) is 3.27. The number of halogens is 1. The number of fused-ring (bicyclic) bond motifs is 1. The maximum absolute atomic E-state index is 10.6. The number of carbonyl (C=O) groups excluding carboxylic acids is 1. The SMILES string of the molecule is O=Cc1ccc(Br)c2n[se]nc12. The first kappa shape index (κ1) is 8.10. The van der Waals surface area contributed by atoms with Gasteiger partial charge in [-0.15, -0.1) is 0 Å². The van der Waals surface area contributed by atoms with Crippen molar-refractivity contribution in [1.29, 1.82) is 0 Å². The van der Waals surface area contributed by atoms with Gasteiger partial charge < -0.3 is 0 Å². The molecule has 0 aliphatic carbocycles. The van der Waals surface area contributed by atoms with Crippen LogP contribution in [0.15, 0.2) is 16.6 Å². The number of aromatic nitrogens is 2. The van der Waals surface area contributed by atoms with E-state index in [4.69, 9.17) is 0 Å². The van der Waals surface area contributed by atoms with Gasteiger partial charge in [-0.05, 0) is 0 Å². The molecular formula is C7H3BrN2OSe. The molecule has 0 aliphatic heterocycles. The van der Waals surface area contributed by atoms with Gasteiger partial charge in [0.15, 0.2) is 0 Å². The van der Waals surface area contributed by atoms with E-state index in [-0.39, 0.29) is 15.0 Å². The van der Waals surface area contributed by atoms with Crippen molar-refractivity contribution in [3.8, 4) is 0 Å². The van der Waals surface area contributed by atoms with Crippen LogP contribution in [0.3, 0.4) is 0 Å². The summed E-state index contributed by atoms with van der Waals surface area (Å²) in [5.74, 6) is 0. The molecule has 0 aliphatic rings. The van der Waals surface area contributed by atoms with Crippen LogP contribution in [0, 0.1) is 0 Å². The van der Waals surface area contributed by atoms with Crippen molar-refractivity contribution in [2.45, 2.75) is 0 Å². The van der Waals surface area contributed by atoms with Crippen molar-refractivity contribution < 1.29 is 4.79 Å². The second-order valence-electron chi connectivity index (χ2n) is 2.22. The number of rotatable bonds is 1. The van der Waals surface area contributed by atoms with E-state index in [1.165, 1.54) is 0 Å². The van der Waals surface area contributed by atoms with Crippen LogP contribution < -0.4 is 0 Å². The van der Waals surface area contributed by atoms with Gasteiger partial charge in [0, 0.05) is 0 Å². The van der Waals surface area contributed by atoms with E-state index in [0.717, 1.165) is 21.8 Å². The molecule has 0 saturated heterocycles.